The Kier molecular flexibility index (Phi) is 3.92. The molecular weight excluding hydrogens is 294 g/mol. The zero-order chi connectivity index (χ0) is 13.3. The lowest BCUT2D eigenvalue weighted by Crippen LogP contribution is -2.48. The monoisotopic (exact) mass is 311 g/mol. The minimum atomic E-state index is 0.0180. The second kappa shape index (κ2) is 5.28. The van der Waals surface area contributed by atoms with Gasteiger partial charge in [0.05, 0.1) is 12.2 Å². The molecule has 0 aliphatic carbocycles. The minimum absolute atomic E-state index is 0.0180. The number of likely N-dealkylation sites (N-methyl/N-ethyl adjacent to an activating group) is 1. The molecule has 1 aliphatic heterocycles. The number of anilines is 1. The molecule has 0 bridgehead atoms. The van der Waals surface area contributed by atoms with Crippen LogP contribution in [0, 0.1) is 0 Å². The van der Waals surface area contributed by atoms with E-state index in [-0.39, 0.29) is 11.9 Å². The molecule has 0 aromatic heterocycles. The molecule has 98 valence electrons. The highest BCUT2D eigenvalue weighted by Crippen LogP contribution is 2.29. The smallest absolute Gasteiger partial charge is 0.241 e. The van der Waals surface area contributed by atoms with Gasteiger partial charge in [0.1, 0.15) is 0 Å². The van der Waals surface area contributed by atoms with Gasteiger partial charge in [0.15, 0.2) is 0 Å². The highest BCUT2D eigenvalue weighted by atomic mass is 79.9. The average Bonchev–Trinajstić information content (AvgIpc) is 2.32. The predicted molar refractivity (Wildman–Crippen MR) is 76.6 cm³/mol. The maximum Gasteiger partial charge on any atom is 0.241 e. The molecule has 1 aromatic carbocycles. The van der Waals surface area contributed by atoms with Crippen molar-refractivity contribution in [3.63, 3.8) is 0 Å². The van der Waals surface area contributed by atoms with Gasteiger partial charge in [-0.1, -0.05) is 6.07 Å². The fraction of sp³-hybridized carbons (Fsp3) is 0.462. The van der Waals surface area contributed by atoms with Crippen LogP contribution in [-0.4, -0.2) is 37.5 Å². The van der Waals surface area contributed by atoms with Gasteiger partial charge in [-0.25, -0.2) is 0 Å². The molecule has 5 heteroatoms. The normalized spacial score (nSPS) is 18.1. The van der Waals surface area contributed by atoms with Gasteiger partial charge < -0.3 is 15.5 Å². The van der Waals surface area contributed by atoms with E-state index in [0.717, 1.165) is 28.8 Å². The number of nitrogens with zero attached hydrogens (tertiary/aromatic N) is 2. The van der Waals surface area contributed by atoms with Crippen molar-refractivity contribution in [1.29, 1.82) is 0 Å². The molecule has 1 fully saturated rings. The lowest BCUT2D eigenvalue weighted by Gasteiger charge is -2.34. The Bertz CT molecular complexity index is 462. The number of piperazine rings is 1. The number of carbonyl (C=O) groups excluding carboxylic acids is 1. The second-order valence-corrected chi connectivity index (χ2v) is 5.59. The van der Waals surface area contributed by atoms with Crippen molar-refractivity contribution in [2.24, 2.45) is 5.73 Å². The molecule has 0 saturated carbocycles. The van der Waals surface area contributed by atoms with Crippen molar-refractivity contribution in [2.75, 3.05) is 31.6 Å². The Labute approximate surface area is 116 Å². The molecule has 18 heavy (non-hydrogen) atoms. The number of amides is 1. The Morgan fingerprint density at radius 1 is 1.39 bits per heavy atom. The van der Waals surface area contributed by atoms with E-state index < -0.39 is 0 Å². The molecule has 1 heterocycles. The third-order valence-electron chi connectivity index (χ3n) is 3.30. The van der Waals surface area contributed by atoms with Gasteiger partial charge in [0, 0.05) is 30.7 Å². The summed E-state index contributed by atoms with van der Waals surface area (Å²) in [4.78, 5) is 15.6. The van der Waals surface area contributed by atoms with Crippen LogP contribution in [0.1, 0.15) is 18.5 Å². The third kappa shape index (κ3) is 2.67. The van der Waals surface area contributed by atoms with Crippen molar-refractivity contribution in [1.82, 2.24) is 4.90 Å². The predicted octanol–water partition coefficient (Wildman–Crippen LogP) is 1.75. The van der Waals surface area contributed by atoms with Crippen LogP contribution < -0.4 is 10.6 Å². The topological polar surface area (TPSA) is 49.6 Å². The summed E-state index contributed by atoms with van der Waals surface area (Å²) in [6, 6.07) is 6.10. The molecule has 1 aliphatic rings. The van der Waals surface area contributed by atoms with Crippen molar-refractivity contribution in [3.05, 3.63) is 28.2 Å². The molecule has 0 spiro atoms. The van der Waals surface area contributed by atoms with Crippen molar-refractivity contribution >= 4 is 27.5 Å². The summed E-state index contributed by atoms with van der Waals surface area (Å²) in [7, 11) is 1.84. The van der Waals surface area contributed by atoms with Crippen LogP contribution in [0.5, 0.6) is 0 Å². The van der Waals surface area contributed by atoms with Gasteiger partial charge in [0.2, 0.25) is 5.91 Å². The molecule has 0 unspecified atom stereocenters. The number of hydrogen-bond acceptors (Lipinski definition) is 3. The largest absolute Gasteiger partial charge is 0.360 e. The Morgan fingerprint density at radius 2 is 2.11 bits per heavy atom. The first-order valence-corrected chi connectivity index (χ1v) is 6.82. The highest BCUT2D eigenvalue weighted by molar-refractivity contribution is 9.10. The fourth-order valence-electron chi connectivity index (χ4n) is 2.03. The molecule has 1 atom stereocenters. The van der Waals surface area contributed by atoms with Crippen molar-refractivity contribution in [2.45, 2.75) is 13.0 Å². The zero-order valence-electron chi connectivity index (χ0n) is 10.7. The van der Waals surface area contributed by atoms with Gasteiger partial charge in [0.25, 0.3) is 0 Å². The average molecular weight is 312 g/mol. The van der Waals surface area contributed by atoms with Crippen LogP contribution in [0.15, 0.2) is 22.7 Å². The summed E-state index contributed by atoms with van der Waals surface area (Å²) in [6.45, 7) is 4.02. The first-order chi connectivity index (χ1) is 8.49. The summed E-state index contributed by atoms with van der Waals surface area (Å²) >= 11 is 3.56. The van der Waals surface area contributed by atoms with Crippen LogP contribution in [0.25, 0.3) is 0 Å². The van der Waals surface area contributed by atoms with E-state index in [9.17, 15) is 4.79 Å². The molecule has 1 amide bonds. The van der Waals surface area contributed by atoms with Crippen molar-refractivity contribution in [3.8, 4) is 0 Å². The van der Waals surface area contributed by atoms with E-state index in [1.54, 1.807) is 4.90 Å². The fourth-order valence-corrected chi connectivity index (χ4v) is 2.67. The highest BCUT2D eigenvalue weighted by Gasteiger charge is 2.22. The SMILES string of the molecule is C[C@@H](N)c1ccc(N2CCN(C)C(=O)C2)c(Br)c1. The Morgan fingerprint density at radius 3 is 2.67 bits per heavy atom. The summed E-state index contributed by atoms with van der Waals surface area (Å²) < 4.78 is 0.995. The molecule has 2 N–H and O–H groups in total. The molecule has 2 rings (SSSR count). The van der Waals surface area contributed by atoms with E-state index in [4.69, 9.17) is 5.73 Å². The van der Waals surface area contributed by atoms with Crippen LogP contribution in [0.2, 0.25) is 0 Å². The number of carbonyl (C=O) groups is 1. The van der Waals surface area contributed by atoms with Gasteiger partial charge in [-0.15, -0.1) is 0 Å². The first kappa shape index (κ1) is 13.4. The molecule has 0 radical (unpaired) electrons. The van der Waals surface area contributed by atoms with E-state index in [1.165, 1.54) is 0 Å². The molecule has 1 saturated heterocycles. The summed E-state index contributed by atoms with van der Waals surface area (Å²) in [5, 5.41) is 0. The second-order valence-electron chi connectivity index (χ2n) is 4.74. The minimum Gasteiger partial charge on any atom is -0.360 e. The van der Waals surface area contributed by atoms with E-state index >= 15 is 0 Å². The summed E-state index contributed by atoms with van der Waals surface area (Å²) in [5.74, 6) is 0.157. The number of nitrogens with two attached hydrogens (primary N) is 1. The summed E-state index contributed by atoms with van der Waals surface area (Å²) in [6.07, 6.45) is 0. The standard InChI is InChI=1S/C13H18BrN3O/c1-9(15)10-3-4-12(11(14)7-10)17-6-5-16(2)13(18)8-17/h3-4,7,9H,5-6,8,15H2,1-2H3/t9-/m1/s1. The molecular formula is C13H18BrN3O. The molecule has 1 aromatic rings. The van der Waals surface area contributed by atoms with Crippen LogP contribution in [-0.2, 0) is 4.79 Å². The third-order valence-corrected chi connectivity index (χ3v) is 3.93. The summed E-state index contributed by atoms with van der Waals surface area (Å²) in [5.41, 5.74) is 8.00. The Balaban J connectivity index is 2.21. The number of rotatable bonds is 2. The maximum atomic E-state index is 11.7. The molecule has 4 nitrogen and oxygen atoms in total. The van der Waals surface area contributed by atoms with Crippen LogP contribution in [0.4, 0.5) is 5.69 Å². The van der Waals surface area contributed by atoms with E-state index in [0.29, 0.717) is 6.54 Å². The quantitative estimate of drug-likeness (QED) is 0.905. The van der Waals surface area contributed by atoms with Crippen molar-refractivity contribution < 1.29 is 4.79 Å². The van der Waals surface area contributed by atoms with Crippen LogP contribution >= 0.6 is 15.9 Å². The Hall–Kier alpha value is -1.07. The van der Waals surface area contributed by atoms with Gasteiger partial charge in [-0.3, -0.25) is 4.79 Å². The van der Waals surface area contributed by atoms with Gasteiger partial charge in [-0.2, -0.15) is 0 Å². The van der Waals surface area contributed by atoms with Gasteiger partial charge in [-0.05, 0) is 40.5 Å². The maximum absolute atomic E-state index is 11.7. The van der Waals surface area contributed by atoms with E-state index in [2.05, 4.69) is 20.8 Å². The number of halogens is 1. The number of benzene rings is 1. The zero-order valence-corrected chi connectivity index (χ0v) is 12.3. The van der Waals surface area contributed by atoms with Gasteiger partial charge >= 0.3 is 0 Å². The first-order valence-electron chi connectivity index (χ1n) is 6.03. The van der Waals surface area contributed by atoms with E-state index in [1.807, 2.05) is 32.2 Å². The lowest BCUT2D eigenvalue weighted by molar-refractivity contribution is -0.129. The lowest BCUT2D eigenvalue weighted by atomic mass is 10.1. The van der Waals surface area contributed by atoms with Crippen LogP contribution in [0.3, 0.4) is 0 Å². The number of hydrogen-bond donors (Lipinski definition) is 1.